The van der Waals surface area contributed by atoms with E-state index in [2.05, 4.69) is 12.0 Å². The minimum atomic E-state index is 0.958. The Morgan fingerprint density at radius 3 is 2.33 bits per heavy atom. The highest BCUT2D eigenvalue weighted by Gasteiger charge is 1.77. The van der Waals surface area contributed by atoms with Gasteiger partial charge >= 0.3 is 0 Å². The lowest BCUT2D eigenvalue weighted by molar-refractivity contribution is 1.63. The van der Waals surface area contributed by atoms with Gasteiger partial charge in [-0.2, -0.15) is 0 Å². The number of rotatable bonds is 0. The lowest BCUT2D eigenvalue weighted by atomic mass is 10.2. The van der Waals surface area contributed by atoms with E-state index < -0.39 is 0 Å². The van der Waals surface area contributed by atoms with Crippen LogP contribution in [0.2, 0.25) is 0 Å². The lowest BCUT2D eigenvalue weighted by Gasteiger charge is -1.83. The maximum atomic E-state index is 5.00. The predicted octanol–water partition coefficient (Wildman–Crippen LogP) is 0.954. The van der Waals surface area contributed by atoms with Gasteiger partial charge in [0.1, 0.15) is 0 Å². The summed E-state index contributed by atoms with van der Waals surface area (Å²) >= 11 is 0. The molecule has 44 valence electrons. The molecule has 0 atom stereocenters. The molecule has 0 saturated heterocycles. The number of hydrogen-bond acceptors (Lipinski definition) is 1. The molecule has 0 amide bonds. The van der Waals surface area contributed by atoms with Gasteiger partial charge in [-0.3, -0.25) is 0 Å². The van der Waals surface area contributed by atoms with E-state index in [1.165, 1.54) is 0 Å². The molecule has 0 radical (unpaired) electrons. The predicted molar refractivity (Wildman–Crippen MR) is 37.5 cm³/mol. The summed E-state index contributed by atoms with van der Waals surface area (Å²) in [5.74, 6) is 2.74. The van der Waals surface area contributed by atoms with E-state index in [0.717, 1.165) is 5.56 Å². The second-order valence-electron chi connectivity index (χ2n) is 1.64. The van der Waals surface area contributed by atoms with Gasteiger partial charge in [-0.15, -0.1) is 0 Å². The molecule has 2 N–H and O–H groups in total. The highest BCUT2D eigenvalue weighted by atomic mass is 14.4. The first-order valence-corrected chi connectivity index (χ1v) is 2.70. The third-order valence-electron chi connectivity index (χ3n) is 0.990. The summed E-state index contributed by atoms with van der Waals surface area (Å²) in [4.78, 5) is 0. The fourth-order valence-corrected chi connectivity index (χ4v) is 0.605. The number of benzene rings is 1. The van der Waals surface area contributed by atoms with Crippen molar-refractivity contribution in [3.8, 4) is 12.0 Å². The number of nitrogens with two attached hydrogens (primary N) is 1. The van der Waals surface area contributed by atoms with Gasteiger partial charge < -0.3 is 5.73 Å². The first-order chi connectivity index (χ1) is 4.43. The van der Waals surface area contributed by atoms with Crippen molar-refractivity contribution in [1.29, 1.82) is 0 Å². The van der Waals surface area contributed by atoms with Gasteiger partial charge in [-0.05, 0) is 18.1 Å². The van der Waals surface area contributed by atoms with Crippen LogP contribution in [-0.2, 0) is 0 Å². The molecule has 1 aromatic rings. The zero-order valence-electron chi connectivity index (χ0n) is 4.96. The molecule has 0 unspecified atom stereocenters. The quantitative estimate of drug-likeness (QED) is 0.397. The van der Waals surface area contributed by atoms with Gasteiger partial charge in [0, 0.05) is 11.6 Å². The van der Waals surface area contributed by atoms with Crippen LogP contribution in [0.1, 0.15) is 5.56 Å². The molecule has 0 spiro atoms. The maximum Gasteiger partial charge on any atom is 0.0263 e. The molecule has 0 aliphatic carbocycles. The van der Waals surface area contributed by atoms with E-state index in [-0.39, 0.29) is 0 Å². The molecule has 1 nitrogen and oxygen atoms in total. The second-order valence-corrected chi connectivity index (χ2v) is 1.64. The van der Waals surface area contributed by atoms with E-state index >= 15 is 0 Å². The summed E-state index contributed by atoms with van der Waals surface area (Å²) in [6.07, 6.45) is 0. The topological polar surface area (TPSA) is 26.0 Å². The van der Waals surface area contributed by atoms with Crippen LogP contribution in [0, 0.1) is 12.0 Å². The smallest absolute Gasteiger partial charge is 0.0263 e. The number of hydrogen-bond donors (Lipinski definition) is 1. The summed E-state index contributed by atoms with van der Waals surface area (Å²) in [6, 6.07) is 12.0. The van der Waals surface area contributed by atoms with Crippen LogP contribution in [-0.4, -0.2) is 0 Å². The Balaban J connectivity index is 2.94. The molecule has 1 rings (SSSR count). The summed E-state index contributed by atoms with van der Waals surface area (Å²) < 4.78 is 0. The van der Waals surface area contributed by atoms with E-state index in [1.807, 2.05) is 30.3 Å². The summed E-state index contributed by atoms with van der Waals surface area (Å²) in [5.41, 5.74) is 5.96. The van der Waals surface area contributed by atoms with Crippen LogP contribution in [0.3, 0.4) is 0 Å². The largest absolute Gasteiger partial charge is 0.359 e. The Labute approximate surface area is 54.5 Å². The minimum absolute atomic E-state index is 0.958. The maximum absolute atomic E-state index is 5.00. The van der Waals surface area contributed by atoms with Crippen molar-refractivity contribution >= 4 is 0 Å². The first-order valence-electron chi connectivity index (χ1n) is 2.70. The molecule has 0 aliphatic heterocycles. The molecule has 1 aromatic carbocycles. The van der Waals surface area contributed by atoms with Gasteiger partial charge in [0.15, 0.2) is 0 Å². The minimum Gasteiger partial charge on any atom is -0.359 e. The Bertz CT molecular complexity index is 228. The lowest BCUT2D eigenvalue weighted by Crippen LogP contribution is -1.77. The fraction of sp³-hybridized carbons (Fsp3) is 0. The van der Waals surface area contributed by atoms with Crippen molar-refractivity contribution in [2.24, 2.45) is 5.73 Å². The third-order valence-corrected chi connectivity index (χ3v) is 0.990. The van der Waals surface area contributed by atoms with Crippen molar-refractivity contribution < 1.29 is 0 Å². The van der Waals surface area contributed by atoms with E-state index in [0.29, 0.717) is 0 Å². The van der Waals surface area contributed by atoms with Crippen LogP contribution >= 0.6 is 0 Å². The van der Waals surface area contributed by atoms with Crippen molar-refractivity contribution in [3.05, 3.63) is 35.9 Å². The van der Waals surface area contributed by atoms with Crippen LogP contribution < -0.4 is 5.73 Å². The highest BCUT2D eigenvalue weighted by Crippen LogP contribution is 1.93. The van der Waals surface area contributed by atoms with Crippen molar-refractivity contribution in [3.63, 3.8) is 0 Å². The van der Waals surface area contributed by atoms with Crippen LogP contribution in [0.25, 0.3) is 0 Å². The Hall–Kier alpha value is -1.42. The molecule has 0 bridgehead atoms. The van der Waals surface area contributed by atoms with Gasteiger partial charge in [0.05, 0.1) is 0 Å². The second kappa shape index (κ2) is 2.78. The van der Waals surface area contributed by atoms with E-state index in [4.69, 9.17) is 5.73 Å². The summed E-state index contributed by atoms with van der Waals surface area (Å²) in [5, 5.41) is 0. The zero-order chi connectivity index (χ0) is 6.53. The molecule has 9 heavy (non-hydrogen) atoms. The van der Waals surface area contributed by atoms with Crippen molar-refractivity contribution in [2.75, 3.05) is 0 Å². The van der Waals surface area contributed by atoms with Gasteiger partial charge in [-0.25, -0.2) is 0 Å². The average Bonchev–Trinajstić information content (AvgIpc) is 1.91. The highest BCUT2D eigenvalue weighted by molar-refractivity contribution is 5.32. The molecule has 0 saturated carbocycles. The average molecular weight is 117 g/mol. The van der Waals surface area contributed by atoms with Gasteiger partial charge in [0.2, 0.25) is 0 Å². The molecule has 0 aliphatic rings. The van der Waals surface area contributed by atoms with Gasteiger partial charge in [0.25, 0.3) is 0 Å². The monoisotopic (exact) mass is 117 g/mol. The van der Waals surface area contributed by atoms with E-state index in [1.54, 1.807) is 0 Å². The Morgan fingerprint density at radius 2 is 1.78 bits per heavy atom. The van der Waals surface area contributed by atoms with Crippen molar-refractivity contribution in [1.82, 2.24) is 0 Å². The normalized spacial score (nSPS) is 7.56. The standard InChI is InChI=1S/C8H7N/c9-7-6-8-4-2-1-3-5-8/h1-5H,9H2. The first kappa shape index (κ1) is 5.71. The Kier molecular flexibility index (Phi) is 1.77. The fourth-order valence-electron chi connectivity index (χ4n) is 0.605. The van der Waals surface area contributed by atoms with Crippen LogP contribution in [0.4, 0.5) is 0 Å². The summed E-state index contributed by atoms with van der Waals surface area (Å²) in [6.45, 7) is 0. The molecule has 1 heteroatoms. The van der Waals surface area contributed by atoms with E-state index in [9.17, 15) is 0 Å². The molecule has 0 fully saturated rings. The SMILES string of the molecule is NC#Cc1ccccc1. The Morgan fingerprint density at radius 1 is 1.11 bits per heavy atom. The third kappa shape index (κ3) is 1.50. The summed E-state index contributed by atoms with van der Waals surface area (Å²) in [7, 11) is 0. The van der Waals surface area contributed by atoms with Crippen LogP contribution in [0.15, 0.2) is 30.3 Å². The zero-order valence-corrected chi connectivity index (χ0v) is 4.96. The molecule has 0 aromatic heterocycles. The molecule has 0 heterocycles. The van der Waals surface area contributed by atoms with Crippen LogP contribution in [0.5, 0.6) is 0 Å². The van der Waals surface area contributed by atoms with Gasteiger partial charge in [-0.1, -0.05) is 18.2 Å². The molecular formula is C8H7N. The van der Waals surface area contributed by atoms with Crippen molar-refractivity contribution in [2.45, 2.75) is 0 Å². The molecular weight excluding hydrogens is 110 g/mol.